The summed E-state index contributed by atoms with van der Waals surface area (Å²) < 4.78 is 7.06. The molecule has 1 unspecified atom stereocenters. The Morgan fingerprint density at radius 3 is 3.07 bits per heavy atom. The molecule has 1 atom stereocenters. The normalized spacial score (nSPS) is 21.5. The zero-order valence-electron chi connectivity index (χ0n) is 8.64. The first-order chi connectivity index (χ1) is 7.18. The van der Waals surface area contributed by atoms with E-state index in [1.54, 1.807) is 17.8 Å². The summed E-state index contributed by atoms with van der Waals surface area (Å²) in [5, 5.41) is 13.1. The second kappa shape index (κ2) is 4.02. The van der Waals surface area contributed by atoms with E-state index in [0.29, 0.717) is 12.3 Å². The zero-order chi connectivity index (χ0) is 10.8. The number of nitrogens with zero attached hydrogens (tertiary/aromatic N) is 2. The van der Waals surface area contributed by atoms with Gasteiger partial charge in [0, 0.05) is 12.8 Å². The molecule has 0 aliphatic carbocycles. The summed E-state index contributed by atoms with van der Waals surface area (Å²) in [6, 6.07) is 0.186. The molecule has 0 spiro atoms. The molecule has 0 saturated carbocycles. The van der Waals surface area contributed by atoms with E-state index in [2.05, 4.69) is 5.10 Å². The van der Waals surface area contributed by atoms with E-state index in [1.165, 1.54) is 0 Å². The second-order valence-corrected chi connectivity index (χ2v) is 3.78. The monoisotopic (exact) mass is 210 g/mol. The highest BCUT2D eigenvalue weighted by Gasteiger charge is 2.19. The molecule has 0 amide bonds. The van der Waals surface area contributed by atoms with Gasteiger partial charge in [0.2, 0.25) is 0 Å². The Balaban J connectivity index is 2.21. The molecule has 1 N–H and O–H groups in total. The Bertz CT molecular complexity index is 367. The molecule has 2 heterocycles. The van der Waals surface area contributed by atoms with Gasteiger partial charge < -0.3 is 9.84 Å². The highest BCUT2D eigenvalue weighted by atomic mass is 16.5. The van der Waals surface area contributed by atoms with Crippen molar-refractivity contribution in [1.29, 1.82) is 0 Å². The summed E-state index contributed by atoms with van der Waals surface area (Å²) in [5.74, 6) is -0.921. The van der Waals surface area contributed by atoms with Gasteiger partial charge in [-0.3, -0.25) is 4.68 Å². The van der Waals surface area contributed by atoms with Crippen LogP contribution in [0.1, 0.15) is 34.9 Å². The quantitative estimate of drug-likeness (QED) is 0.797. The zero-order valence-corrected chi connectivity index (χ0v) is 8.64. The Hall–Kier alpha value is -1.36. The maximum absolute atomic E-state index is 10.8. The summed E-state index contributed by atoms with van der Waals surface area (Å²) in [4.78, 5) is 10.8. The number of ether oxygens (including phenoxy) is 1. The number of hydrogen-bond donors (Lipinski definition) is 1. The molecule has 1 aromatic heterocycles. The van der Waals surface area contributed by atoms with E-state index < -0.39 is 5.97 Å². The van der Waals surface area contributed by atoms with Crippen molar-refractivity contribution in [3.8, 4) is 0 Å². The van der Waals surface area contributed by atoms with E-state index in [4.69, 9.17) is 9.84 Å². The van der Waals surface area contributed by atoms with Crippen molar-refractivity contribution in [3.05, 3.63) is 17.5 Å². The van der Waals surface area contributed by atoms with Crippen LogP contribution in [-0.4, -0.2) is 34.1 Å². The molecule has 82 valence electrons. The van der Waals surface area contributed by atoms with E-state index in [9.17, 15) is 4.79 Å². The predicted octanol–water partition coefficient (Wildman–Crippen LogP) is 1.24. The Morgan fingerprint density at radius 1 is 1.73 bits per heavy atom. The van der Waals surface area contributed by atoms with Crippen molar-refractivity contribution in [2.45, 2.75) is 25.8 Å². The van der Waals surface area contributed by atoms with Crippen LogP contribution in [0.5, 0.6) is 0 Å². The minimum Gasteiger partial charge on any atom is -0.478 e. The predicted molar refractivity (Wildman–Crippen MR) is 53.0 cm³/mol. The number of aromatic nitrogens is 2. The van der Waals surface area contributed by atoms with Crippen LogP contribution in [0.25, 0.3) is 0 Å². The molecule has 0 aromatic carbocycles. The van der Waals surface area contributed by atoms with Crippen LogP contribution in [0, 0.1) is 6.92 Å². The largest absolute Gasteiger partial charge is 0.478 e. The number of aryl methyl sites for hydroxylation is 1. The minimum absolute atomic E-state index is 0.186. The number of carbonyl (C=O) groups is 1. The van der Waals surface area contributed by atoms with Gasteiger partial charge in [0.1, 0.15) is 5.56 Å². The summed E-state index contributed by atoms with van der Waals surface area (Å²) in [5.41, 5.74) is 0.841. The van der Waals surface area contributed by atoms with Gasteiger partial charge in [-0.05, 0) is 19.8 Å². The molecular weight excluding hydrogens is 196 g/mol. The average molecular weight is 210 g/mol. The van der Waals surface area contributed by atoms with Crippen molar-refractivity contribution in [2.75, 3.05) is 13.2 Å². The lowest BCUT2D eigenvalue weighted by Crippen LogP contribution is -2.21. The molecule has 2 rings (SSSR count). The standard InChI is InChI=1S/C10H14N2O3/c1-7-9(10(13)14)5-12(11-7)8-3-2-4-15-6-8/h5,8H,2-4,6H2,1H3,(H,13,14). The maximum Gasteiger partial charge on any atom is 0.339 e. The van der Waals surface area contributed by atoms with E-state index in [1.807, 2.05) is 0 Å². The summed E-state index contributed by atoms with van der Waals surface area (Å²) in [7, 11) is 0. The third kappa shape index (κ3) is 2.02. The minimum atomic E-state index is -0.921. The fourth-order valence-electron chi connectivity index (χ4n) is 1.81. The number of aromatic carboxylic acids is 1. The summed E-state index contributed by atoms with van der Waals surface area (Å²) in [6.45, 7) is 3.13. The van der Waals surface area contributed by atoms with Gasteiger partial charge in [-0.2, -0.15) is 5.10 Å². The summed E-state index contributed by atoms with van der Waals surface area (Å²) in [6.07, 6.45) is 3.60. The number of carboxylic acid groups (broad SMARTS) is 1. The fraction of sp³-hybridized carbons (Fsp3) is 0.600. The molecular formula is C10H14N2O3. The lowest BCUT2D eigenvalue weighted by atomic mass is 10.1. The van der Waals surface area contributed by atoms with Crippen LogP contribution in [0.4, 0.5) is 0 Å². The molecule has 1 aliphatic rings. The lowest BCUT2D eigenvalue weighted by molar-refractivity contribution is 0.0546. The molecule has 1 aromatic rings. The summed E-state index contributed by atoms with van der Waals surface area (Å²) >= 11 is 0. The van der Waals surface area contributed by atoms with Crippen LogP contribution >= 0.6 is 0 Å². The van der Waals surface area contributed by atoms with E-state index >= 15 is 0 Å². The highest BCUT2D eigenvalue weighted by Crippen LogP contribution is 2.20. The first-order valence-electron chi connectivity index (χ1n) is 5.05. The van der Waals surface area contributed by atoms with Gasteiger partial charge in [0.25, 0.3) is 0 Å². The van der Waals surface area contributed by atoms with Gasteiger partial charge in [-0.15, -0.1) is 0 Å². The molecule has 1 aliphatic heterocycles. The molecule has 1 fully saturated rings. The lowest BCUT2D eigenvalue weighted by Gasteiger charge is -2.22. The molecule has 0 radical (unpaired) electrons. The molecule has 5 heteroatoms. The first kappa shape index (κ1) is 10.2. The van der Waals surface area contributed by atoms with Crippen LogP contribution in [0.15, 0.2) is 6.20 Å². The van der Waals surface area contributed by atoms with Crippen molar-refractivity contribution in [2.24, 2.45) is 0 Å². The molecule has 15 heavy (non-hydrogen) atoms. The third-order valence-corrected chi connectivity index (χ3v) is 2.66. The smallest absolute Gasteiger partial charge is 0.339 e. The highest BCUT2D eigenvalue weighted by molar-refractivity contribution is 5.88. The maximum atomic E-state index is 10.8. The van der Waals surface area contributed by atoms with Crippen LogP contribution in [0.3, 0.4) is 0 Å². The Morgan fingerprint density at radius 2 is 2.53 bits per heavy atom. The first-order valence-corrected chi connectivity index (χ1v) is 5.05. The Labute approximate surface area is 87.7 Å². The van der Waals surface area contributed by atoms with Gasteiger partial charge >= 0.3 is 5.97 Å². The van der Waals surface area contributed by atoms with Crippen LogP contribution < -0.4 is 0 Å². The van der Waals surface area contributed by atoms with Gasteiger partial charge in [0.05, 0.1) is 18.3 Å². The van der Waals surface area contributed by atoms with E-state index in [0.717, 1.165) is 19.4 Å². The number of carboxylic acids is 1. The van der Waals surface area contributed by atoms with Gasteiger partial charge in [0.15, 0.2) is 0 Å². The molecule has 1 saturated heterocycles. The Kier molecular flexibility index (Phi) is 2.73. The van der Waals surface area contributed by atoms with Crippen molar-refractivity contribution in [1.82, 2.24) is 9.78 Å². The van der Waals surface area contributed by atoms with Crippen LogP contribution in [0.2, 0.25) is 0 Å². The average Bonchev–Trinajstić information content (AvgIpc) is 2.62. The number of hydrogen-bond acceptors (Lipinski definition) is 3. The number of rotatable bonds is 2. The fourth-order valence-corrected chi connectivity index (χ4v) is 1.81. The van der Waals surface area contributed by atoms with Gasteiger partial charge in [-0.1, -0.05) is 0 Å². The van der Waals surface area contributed by atoms with Crippen molar-refractivity contribution >= 4 is 5.97 Å². The van der Waals surface area contributed by atoms with Crippen LogP contribution in [-0.2, 0) is 4.74 Å². The third-order valence-electron chi connectivity index (χ3n) is 2.66. The van der Waals surface area contributed by atoms with E-state index in [-0.39, 0.29) is 11.6 Å². The molecule has 0 bridgehead atoms. The van der Waals surface area contributed by atoms with Crippen molar-refractivity contribution < 1.29 is 14.6 Å². The van der Waals surface area contributed by atoms with Crippen molar-refractivity contribution in [3.63, 3.8) is 0 Å². The topological polar surface area (TPSA) is 64.4 Å². The SMILES string of the molecule is Cc1nn(C2CCCOC2)cc1C(=O)O. The van der Waals surface area contributed by atoms with Gasteiger partial charge in [-0.25, -0.2) is 4.79 Å². The second-order valence-electron chi connectivity index (χ2n) is 3.78. The molecule has 5 nitrogen and oxygen atoms in total.